The van der Waals surface area contributed by atoms with Gasteiger partial charge < -0.3 is 10.1 Å². The Kier molecular flexibility index (Phi) is 3.80. The molecule has 0 amide bonds. The van der Waals surface area contributed by atoms with E-state index in [1.165, 1.54) is 22.6 Å². The molecule has 1 saturated heterocycles. The Morgan fingerprint density at radius 3 is 2.84 bits per heavy atom. The van der Waals surface area contributed by atoms with E-state index in [2.05, 4.69) is 10.3 Å². The van der Waals surface area contributed by atoms with E-state index in [1.807, 2.05) is 13.8 Å². The van der Waals surface area contributed by atoms with Crippen LogP contribution in [0.4, 0.5) is 5.82 Å². The van der Waals surface area contributed by atoms with E-state index in [4.69, 9.17) is 4.74 Å². The van der Waals surface area contributed by atoms with Gasteiger partial charge in [0.15, 0.2) is 0 Å². The summed E-state index contributed by atoms with van der Waals surface area (Å²) in [7, 11) is -1.79. The van der Waals surface area contributed by atoms with E-state index in [0.717, 1.165) is 0 Å². The topological polar surface area (TPSA) is 71.5 Å². The van der Waals surface area contributed by atoms with Crippen LogP contribution in [-0.4, -0.2) is 50.1 Å². The third kappa shape index (κ3) is 3.05. The average molecular weight is 285 g/mol. The van der Waals surface area contributed by atoms with E-state index in [9.17, 15) is 8.42 Å². The number of hydrogen-bond donors (Lipinski definition) is 1. The molecule has 1 aliphatic heterocycles. The molecule has 1 N–H and O–H groups in total. The van der Waals surface area contributed by atoms with Gasteiger partial charge in [-0.1, -0.05) is 0 Å². The molecule has 7 heteroatoms. The van der Waals surface area contributed by atoms with Gasteiger partial charge in [-0.15, -0.1) is 0 Å². The molecule has 1 aromatic rings. The van der Waals surface area contributed by atoms with Crippen LogP contribution in [0.5, 0.6) is 0 Å². The second-order valence-electron chi connectivity index (χ2n) is 5.07. The standard InChI is InChI=1S/C12H19N3O3S/c1-12(2)9-15(6-7-18-12)19(16,17)10-4-5-14-11(8-10)13-3/h4-5,8H,6-7,9H2,1-3H3,(H,13,14). The highest BCUT2D eigenvalue weighted by atomic mass is 32.2. The lowest BCUT2D eigenvalue weighted by Crippen LogP contribution is -2.50. The van der Waals surface area contributed by atoms with Crippen molar-refractivity contribution in [1.82, 2.24) is 9.29 Å². The van der Waals surface area contributed by atoms with Crippen LogP contribution in [0.15, 0.2) is 23.2 Å². The number of morpholine rings is 1. The minimum absolute atomic E-state index is 0.254. The first-order chi connectivity index (χ1) is 8.85. The summed E-state index contributed by atoms with van der Waals surface area (Å²) in [6.07, 6.45) is 1.49. The van der Waals surface area contributed by atoms with E-state index < -0.39 is 15.6 Å². The zero-order valence-electron chi connectivity index (χ0n) is 11.4. The quantitative estimate of drug-likeness (QED) is 0.894. The molecule has 19 heavy (non-hydrogen) atoms. The van der Waals surface area contributed by atoms with Crippen LogP contribution in [0.25, 0.3) is 0 Å². The van der Waals surface area contributed by atoms with E-state index in [-0.39, 0.29) is 4.90 Å². The van der Waals surface area contributed by atoms with Gasteiger partial charge in [-0.25, -0.2) is 13.4 Å². The Bertz CT molecular complexity index is 557. The summed E-state index contributed by atoms with van der Waals surface area (Å²) in [6, 6.07) is 3.05. The summed E-state index contributed by atoms with van der Waals surface area (Å²) in [5.41, 5.74) is -0.454. The van der Waals surface area contributed by atoms with Crippen molar-refractivity contribution in [3.63, 3.8) is 0 Å². The SMILES string of the molecule is CNc1cc(S(=O)(=O)N2CCOC(C)(C)C2)ccn1. The van der Waals surface area contributed by atoms with Crippen LogP contribution in [0, 0.1) is 0 Å². The van der Waals surface area contributed by atoms with Gasteiger partial charge in [0.1, 0.15) is 5.82 Å². The third-order valence-electron chi connectivity index (χ3n) is 3.02. The fourth-order valence-corrected chi connectivity index (χ4v) is 3.62. The van der Waals surface area contributed by atoms with Crippen LogP contribution in [-0.2, 0) is 14.8 Å². The van der Waals surface area contributed by atoms with Crippen molar-refractivity contribution in [2.75, 3.05) is 32.1 Å². The van der Waals surface area contributed by atoms with Crippen LogP contribution >= 0.6 is 0 Å². The monoisotopic (exact) mass is 285 g/mol. The maximum absolute atomic E-state index is 12.6. The fourth-order valence-electron chi connectivity index (χ4n) is 2.04. The number of rotatable bonds is 3. The maximum Gasteiger partial charge on any atom is 0.243 e. The number of nitrogens with zero attached hydrogens (tertiary/aromatic N) is 2. The smallest absolute Gasteiger partial charge is 0.243 e. The van der Waals surface area contributed by atoms with Gasteiger partial charge in [-0.2, -0.15) is 4.31 Å². The van der Waals surface area contributed by atoms with Gasteiger partial charge in [0.05, 0.1) is 17.1 Å². The van der Waals surface area contributed by atoms with Gasteiger partial charge >= 0.3 is 0 Å². The Labute approximate surface area is 113 Å². The molecule has 0 aromatic carbocycles. The number of ether oxygens (including phenoxy) is 1. The van der Waals surface area contributed by atoms with Crippen LogP contribution in [0.2, 0.25) is 0 Å². The highest BCUT2D eigenvalue weighted by molar-refractivity contribution is 7.89. The lowest BCUT2D eigenvalue weighted by atomic mass is 10.1. The number of pyridine rings is 1. The highest BCUT2D eigenvalue weighted by Crippen LogP contribution is 2.24. The summed E-state index contributed by atoms with van der Waals surface area (Å²) in [5, 5.41) is 2.84. The van der Waals surface area contributed by atoms with E-state index in [1.54, 1.807) is 7.05 Å². The Morgan fingerprint density at radius 1 is 1.47 bits per heavy atom. The van der Waals surface area contributed by atoms with Crippen LogP contribution in [0.3, 0.4) is 0 Å². The van der Waals surface area contributed by atoms with Gasteiger partial charge in [0.2, 0.25) is 10.0 Å². The Balaban J connectivity index is 2.31. The molecule has 0 aliphatic carbocycles. The van der Waals surface area contributed by atoms with Gasteiger partial charge in [-0.05, 0) is 19.9 Å². The summed E-state index contributed by atoms with van der Waals surface area (Å²) in [4.78, 5) is 4.28. The second-order valence-corrected chi connectivity index (χ2v) is 7.01. The molecule has 1 fully saturated rings. The number of anilines is 1. The van der Waals surface area contributed by atoms with Crippen molar-refractivity contribution < 1.29 is 13.2 Å². The first kappa shape index (κ1) is 14.2. The minimum Gasteiger partial charge on any atom is -0.373 e. The molecule has 2 rings (SSSR count). The molecule has 0 bridgehead atoms. The molecule has 1 aromatic heterocycles. The predicted molar refractivity (Wildman–Crippen MR) is 72.6 cm³/mol. The van der Waals surface area contributed by atoms with Crippen molar-refractivity contribution in [3.05, 3.63) is 18.3 Å². The largest absolute Gasteiger partial charge is 0.373 e. The van der Waals surface area contributed by atoms with Gasteiger partial charge in [0, 0.05) is 32.4 Å². The Morgan fingerprint density at radius 2 is 2.21 bits per heavy atom. The summed E-state index contributed by atoms with van der Waals surface area (Å²) < 4.78 is 32.1. The first-order valence-electron chi connectivity index (χ1n) is 6.13. The summed E-state index contributed by atoms with van der Waals surface area (Å²) in [5.74, 6) is 0.536. The van der Waals surface area contributed by atoms with Crippen molar-refractivity contribution in [2.45, 2.75) is 24.3 Å². The number of nitrogens with one attached hydrogen (secondary N) is 1. The number of hydrogen-bond acceptors (Lipinski definition) is 5. The molecule has 6 nitrogen and oxygen atoms in total. The average Bonchev–Trinajstić information content (AvgIpc) is 2.37. The Hall–Kier alpha value is -1.18. The molecular weight excluding hydrogens is 266 g/mol. The van der Waals surface area contributed by atoms with Gasteiger partial charge in [0.25, 0.3) is 0 Å². The number of sulfonamides is 1. The maximum atomic E-state index is 12.6. The predicted octanol–water partition coefficient (Wildman–Crippen LogP) is 0.923. The summed E-state index contributed by atoms with van der Waals surface area (Å²) in [6.45, 7) is 4.92. The second kappa shape index (κ2) is 5.07. The zero-order valence-corrected chi connectivity index (χ0v) is 12.2. The van der Waals surface area contributed by atoms with Crippen molar-refractivity contribution in [1.29, 1.82) is 0 Å². The van der Waals surface area contributed by atoms with Crippen molar-refractivity contribution in [2.24, 2.45) is 0 Å². The molecule has 0 spiro atoms. The van der Waals surface area contributed by atoms with E-state index in [0.29, 0.717) is 25.5 Å². The van der Waals surface area contributed by atoms with Crippen LogP contribution in [0.1, 0.15) is 13.8 Å². The molecular formula is C12H19N3O3S. The fraction of sp³-hybridized carbons (Fsp3) is 0.583. The van der Waals surface area contributed by atoms with Crippen molar-refractivity contribution >= 4 is 15.8 Å². The minimum atomic E-state index is -3.49. The number of aromatic nitrogens is 1. The lowest BCUT2D eigenvalue weighted by molar-refractivity contribution is -0.0640. The van der Waals surface area contributed by atoms with E-state index >= 15 is 0 Å². The first-order valence-corrected chi connectivity index (χ1v) is 7.57. The molecule has 0 radical (unpaired) electrons. The molecule has 0 saturated carbocycles. The molecule has 2 heterocycles. The van der Waals surface area contributed by atoms with Crippen molar-refractivity contribution in [3.8, 4) is 0 Å². The van der Waals surface area contributed by atoms with Crippen LogP contribution < -0.4 is 5.32 Å². The zero-order chi connectivity index (χ0) is 14.1. The normalized spacial score (nSPS) is 20.2. The third-order valence-corrected chi connectivity index (χ3v) is 4.86. The molecule has 0 atom stereocenters. The molecule has 106 valence electrons. The molecule has 0 unspecified atom stereocenters. The highest BCUT2D eigenvalue weighted by Gasteiger charge is 2.34. The van der Waals surface area contributed by atoms with Gasteiger partial charge in [-0.3, -0.25) is 0 Å². The molecule has 1 aliphatic rings. The summed E-state index contributed by atoms with van der Waals surface area (Å²) >= 11 is 0. The lowest BCUT2D eigenvalue weighted by Gasteiger charge is -2.37.